The lowest BCUT2D eigenvalue weighted by Crippen LogP contribution is -2.32. The van der Waals surface area contributed by atoms with Crippen LogP contribution in [0, 0.1) is 5.82 Å². The van der Waals surface area contributed by atoms with Crippen LogP contribution in [0.4, 0.5) is 14.9 Å². The number of anilines is 1. The van der Waals surface area contributed by atoms with E-state index in [0.29, 0.717) is 24.8 Å². The van der Waals surface area contributed by atoms with Gasteiger partial charge in [0, 0.05) is 5.69 Å². The molecule has 0 saturated carbocycles. The van der Waals surface area contributed by atoms with Gasteiger partial charge in [0.15, 0.2) is 0 Å². The first-order valence-corrected chi connectivity index (χ1v) is 7.58. The Morgan fingerprint density at radius 1 is 1.17 bits per heavy atom. The molecule has 0 aliphatic rings. The first-order chi connectivity index (χ1) is 11.0. The van der Waals surface area contributed by atoms with Gasteiger partial charge in [-0.25, -0.2) is 9.18 Å². The van der Waals surface area contributed by atoms with Crippen molar-refractivity contribution in [2.24, 2.45) is 0 Å². The first kappa shape index (κ1) is 16.8. The fraction of sp³-hybridized carbons (Fsp3) is 0.278. The van der Waals surface area contributed by atoms with Crippen LogP contribution in [0.25, 0.3) is 0 Å². The highest BCUT2D eigenvalue weighted by molar-refractivity contribution is 5.89. The summed E-state index contributed by atoms with van der Waals surface area (Å²) >= 11 is 0. The molecule has 0 heterocycles. The maximum atomic E-state index is 13.0. The molecule has 0 aromatic heterocycles. The van der Waals surface area contributed by atoms with Gasteiger partial charge in [0.2, 0.25) is 0 Å². The number of benzene rings is 2. The summed E-state index contributed by atoms with van der Waals surface area (Å²) in [7, 11) is 0. The second-order valence-electron chi connectivity index (χ2n) is 5.46. The van der Waals surface area contributed by atoms with Gasteiger partial charge in [-0.1, -0.05) is 32.0 Å². The number of rotatable bonds is 6. The van der Waals surface area contributed by atoms with Gasteiger partial charge in [-0.15, -0.1) is 0 Å². The van der Waals surface area contributed by atoms with E-state index in [0.717, 1.165) is 5.75 Å². The molecule has 2 aromatic rings. The van der Waals surface area contributed by atoms with E-state index in [4.69, 9.17) is 4.74 Å². The highest BCUT2D eigenvalue weighted by Crippen LogP contribution is 2.18. The van der Waals surface area contributed by atoms with E-state index >= 15 is 0 Å². The van der Waals surface area contributed by atoms with Crippen LogP contribution < -0.4 is 15.4 Å². The molecule has 2 N–H and O–H groups in total. The van der Waals surface area contributed by atoms with Gasteiger partial charge in [0.1, 0.15) is 18.2 Å². The number of halogens is 1. The van der Waals surface area contributed by atoms with Crippen LogP contribution in [-0.4, -0.2) is 19.2 Å². The molecule has 5 heteroatoms. The minimum atomic E-state index is -0.394. The molecule has 4 nitrogen and oxygen atoms in total. The third kappa shape index (κ3) is 5.62. The quantitative estimate of drug-likeness (QED) is 0.787. The number of ether oxygens (including phenoxy) is 1. The van der Waals surface area contributed by atoms with Gasteiger partial charge in [-0.05, 0) is 41.8 Å². The molecule has 0 unspecified atom stereocenters. The normalized spacial score (nSPS) is 10.4. The van der Waals surface area contributed by atoms with Crippen LogP contribution in [0.3, 0.4) is 0 Å². The van der Waals surface area contributed by atoms with Crippen LogP contribution in [0.2, 0.25) is 0 Å². The minimum Gasteiger partial charge on any atom is -0.492 e. The number of hydrogen-bond acceptors (Lipinski definition) is 2. The summed E-state index contributed by atoms with van der Waals surface area (Å²) in [5, 5.41) is 5.21. The third-order valence-electron chi connectivity index (χ3n) is 3.29. The van der Waals surface area contributed by atoms with Crippen molar-refractivity contribution in [2.75, 3.05) is 18.5 Å². The molecule has 0 radical (unpaired) electrons. The number of carbonyl (C=O) groups is 1. The Bertz CT molecular complexity index is 642. The smallest absolute Gasteiger partial charge is 0.319 e. The van der Waals surface area contributed by atoms with Crippen LogP contribution in [0.15, 0.2) is 48.5 Å². The molecular weight excluding hydrogens is 295 g/mol. The van der Waals surface area contributed by atoms with E-state index < -0.39 is 11.8 Å². The lowest BCUT2D eigenvalue weighted by atomic mass is 10.0. The van der Waals surface area contributed by atoms with E-state index in [2.05, 4.69) is 24.5 Å². The zero-order valence-electron chi connectivity index (χ0n) is 13.3. The van der Waals surface area contributed by atoms with Crippen molar-refractivity contribution in [2.45, 2.75) is 19.8 Å². The van der Waals surface area contributed by atoms with Crippen molar-refractivity contribution in [3.63, 3.8) is 0 Å². The predicted molar refractivity (Wildman–Crippen MR) is 89.4 cm³/mol. The molecule has 0 aliphatic heterocycles. The fourth-order valence-corrected chi connectivity index (χ4v) is 2.02. The Labute approximate surface area is 135 Å². The van der Waals surface area contributed by atoms with Crippen molar-refractivity contribution in [3.05, 3.63) is 59.9 Å². The Balaban J connectivity index is 1.69. The van der Waals surface area contributed by atoms with Crippen molar-refractivity contribution in [3.8, 4) is 5.75 Å². The first-order valence-electron chi connectivity index (χ1n) is 7.58. The summed E-state index contributed by atoms with van der Waals surface area (Å²) in [5.41, 5.74) is 1.66. The SMILES string of the molecule is CC(C)c1ccc(OCCNC(=O)Nc2cccc(F)c2)cc1. The molecule has 2 aromatic carbocycles. The topological polar surface area (TPSA) is 50.4 Å². The Kier molecular flexibility index (Phi) is 5.97. The molecule has 2 amide bonds. The molecule has 2 rings (SSSR count). The van der Waals surface area contributed by atoms with E-state index in [1.54, 1.807) is 6.07 Å². The van der Waals surface area contributed by atoms with Crippen molar-refractivity contribution in [1.29, 1.82) is 0 Å². The molecule has 0 saturated heterocycles. The average Bonchev–Trinajstić information content (AvgIpc) is 2.52. The van der Waals surface area contributed by atoms with Crippen LogP contribution in [0.1, 0.15) is 25.3 Å². The second-order valence-corrected chi connectivity index (χ2v) is 5.46. The second kappa shape index (κ2) is 8.17. The highest BCUT2D eigenvalue weighted by atomic mass is 19.1. The molecular formula is C18H21FN2O2. The van der Waals surface area contributed by atoms with Gasteiger partial charge in [0.25, 0.3) is 0 Å². The lowest BCUT2D eigenvalue weighted by Gasteiger charge is -2.10. The van der Waals surface area contributed by atoms with Gasteiger partial charge in [-0.2, -0.15) is 0 Å². The zero-order chi connectivity index (χ0) is 16.7. The molecule has 0 spiro atoms. The van der Waals surface area contributed by atoms with Gasteiger partial charge in [0.05, 0.1) is 6.54 Å². The number of hydrogen-bond donors (Lipinski definition) is 2. The summed E-state index contributed by atoms with van der Waals surface area (Å²) in [4.78, 5) is 11.7. The molecule has 0 atom stereocenters. The van der Waals surface area contributed by atoms with Crippen LogP contribution >= 0.6 is 0 Å². The fourth-order valence-electron chi connectivity index (χ4n) is 2.02. The highest BCUT2D eigenvalue weighted by Gasteiger charge is 2.03. The lowest BCUT2D eigenvalue weighted by molar-refractivity contribution is 0.247. The van der Waals surface area contributed by atoms with Gasteiger partial charge >= 0.3 is 6.03 Å². The summed E-state index contributed by atoms with van der Waals surface area (Å²) in [5.74, 6) is 0.856. The van der Waals surface area contributed by atoms with Crippen molar-refractivity contribution in [1.82, 2.24) is 5.32 Å². The molecule has 122 valence electrons. The van der Waals surface area contributed by atoms with E-state index in [9.17, 15) is 9.18 Å². The summed E-state index contributed by atoms with van der Waals surface area (Å²) in [6.45, 7) is 4.98. The molecule has 0 bridgehead atoms. The Morgan fingerprint density at radius 2 is 1.91 bits per heavy atom. The van der Waals surface area contributed by atoms with Gasteiger partial charge < -0.3 is 15.4 Å². The van der Waals surface area contributed by atoms with E-state index in [-0.39, 0.29) is 0 Å². The molecule has 23 heavy (non-hydrogen) atoms. The number of amides is 2. The number of carbonyl (C=O) groups excluding carboxylic acids is 1. The Hall–Kier alpha value is -2.56. The molecule has 0 aliphatic carbocycles. The average molecular weight is 316 g/mol. The van der Waals surface area contributed by atoms with Gasteiger partial charge in [-0.3, -0.25) is 0 Å². The summed E-state index contributed by atoms with van der Waals surface area (Å²) in [6.07, 6.45) is 0. The van der Waals surface area contributed by atoms with Crippen LogP contribution in [0.5, 0.6) is 5.75 Å². The summed E-state index contributed by atoms with van der Waals surface area (Å²) in [6, 6.07) is 13.2. The maximum absolute atomic E-state index is 13.0. The minimum absolute atomic E-state index is 0.354. The predicted octanol–water partition coefficient (Wildman–Crippen LogP) is 4.15. The zero-order valence-corrected chi connectivity index (χ0v) is 13.3. The summed E-state index contributed by atoms with van der Waals surface area (Å²) < 4.78 is 18.6. The third-order valence-corrected chi connectivity index (χ3v) is 3.29. The number of urea groups is 1. The molecule has 0 fully saturated rings. The largest absolute Gasteiger partial charge is 0.492 e. The van der Waals surface area contributed by atoms with Crippen molar-refractivity contribution >= 4 is 11.7 Å². The van der Waals surface area contributed by atoms with Crippen LogP contribution in [-0.2, 0) is 0 Å². The Morgan fingerprint density at radius 3 is 2.57 bits per heavy atom. The standard InChI is InChI=1S/C18H21FN2O2/c1-13(2)14-6-8-17(9-7-14)23-11-10-20-18(22)21-16-5-3-4-15(19)12-16/h3-9,12-13H,10-11H2,1-2H3,(H2,20,21,22). The number of nitrogens with one attached hydrogen (secondary N) is 2. The maximum Gasteiger partial charge on any atom is 0.319 e. The van der Waals surface area contributed by atoms with Crippen molar-refractivity contribution < 1.29 is 13.9 Å². The van der Waals surface area contributed by atoms with E-state index in [1.807, 2.05) is 24.3 Å². The monoisotopic (exact) mass is 316 g/mol. The van der Waals surface area contributed by atoms with E-state index in [1.165, 1.54) is 23.8 Å².